The van der Waals surface area contributed by atoms with E-state index in [1.807, 2.05) is 0 Å². The van der Waals surface area contributed by atoms with Crippen LogP contribution in [-0.4, -0.2) is 0 Å². The Balaban J connectivity index is 1.86. The first-order valence-corrected chi connectivity index (χ1v) is 6.79. The van der Waals surface area contributed by atoms with E-state index >= 15 is 0 Å². The first-order valence-electron chi connectivity index (χ1n) is 6.41. The third-order valence-electron chi connectivity index (χ3n) is 3.07. The molecule has 0 aromatic heterocycles. The standard InChI is InChI=1S/C16H17ClFN/c1-2-12-3-5-13(6-4-12)10-19-11-14-7-8-16(18)15(17)9-14/h3-9,19H,2,10-11H2,1H3. The fraction of sp³-hybridized carbons (Fsp3) is 0.250. The van der Waals surface area contributed by atoms with Gasteiger partial charge in [0.2, 0.25) is 0 Å². The maximum atomic E-state index is 13.0. The van der Waals surface area contributed by atoms with Gasteiger partial charge in [-0.2, -0.15) is 0 Å². The Morgan fingerprint density at radius 1 is 0.947 bits per heavy atom. The van der Waals surface area contributed by atoms with Gasteiger partial charge in [0.15, 0.2) is 0 Å². The molecule has 0 saturated carbocycles. The van der Waals surface area contributed by atoms with Gasteiger partial charge in [0.1, 0.15) is 5.82 Å². The molecule has 0 bridgehead atoms. The summed E-state index contributed by atoms with van der Waals surface area (Å²) in [6.45, 7) is 3.61. The van der Waals surface area contributed by atoms with E-state index in [2.05, 4.69) is 36.5 Å². The van der Waals surface area contributed by atoms with E-state index in [9.17, 15) is 4.39 Å². The lowest BCUT2D eigenvalue weighted by Crippen LogP contribution is -2.12. The molecule has 1 nitrogen and oxygen atoms in total. The number of benzene rings is 2. The van der Waals surface area contributed by atoms with Gasteiger partial charge in [-0.3, -0.25) is 0 Å². The first kappa shape index (κ1) is 14.0. The molecule has 0 heterocycles. The predicted molar refractivity (Wildman–Crippen MR) is 77.8 cm³/mol. The monoisotopic (exact) mass is 277 g/mol. The van der Waals surface area contributed by atoms with E-state index in [1.54, 1.807) is 12.1 Å². The molecule has 0 spiro atoms. The van der Waals surface area contributed by atoms with Gasteiger partial charge in [-0.1, -0.05) is 48.9 Å². The summed E-state index contributed by atoms with van der Waals surface area (Å²) in [7, 11) is 0. The molecule has 2 aromatic rings. The van der Waals surface area contributed by atoms with E-state index in [4.69, 9.17) is 11.6 Å². The lowest BCUT2D eigenvalue weighted by Gasteiger charge is -2.06. The molecule has 2 rings (SSSR count). The summed E-state index contributed by atoms with van der Waals surface area (Å²) in [6.07, 6.45) is 1.06. The van der Waals surface area contributed by atoms with Crippen molar-refractivity contribution in [3.63, 3.8) is 0 Å². The normalized spacial score (nSPS) is 10.7. The number of hydrogen-bond donors (Lipinski definition) is 1. The summed E-state index contributed by atoms with van der Waals surface area (Å²) in [5.74, 6) is -0.374. The average Bonchev–Trinajstić information content (AvgIpc) is 2.43. The van der Waals surface area contributed by atoms with Crippen LogP contribution in [-0.2, 0) is 19.5 Å². The molecular formula is C16H17ClFN. The van der Waals surface area contributed by atoms with Crippen molar-refractivity contribution in [1.29, 1.82) is 0 Å². The largest absolute Gasteiger partial charge is 0.309 e. The lowest BCUT2D eigenvalue weighted by molar-refractivity contribution is 0.625. The Morgan fingerprint density at radius 2 is 1.53 bits per heavy atom. The van der Waals surface area contributed by atoms with Crippen LogP contribution in [0.2, 0.25) is 5.02 Å². The van der Waals surface area contributed by atoms with E-state index in [0.29, 0.717) is 6.54 Å². The summed E-state index contributed by atoms with van der Waals surface area (Å²) >= 11 is 5.74. The number of hydrogen-bond acceptors (Lipinski definition) is 1. The Bertz CT molecular complexity index is 537. The topological polar surface area (TPSA) is 12.0 Å². The lowest BCUT2D eigenvalue weighted by atomic mass is 10.1. The summed E-state index contributed by atoms with van der Waals surface area (Å²) in [5, 5.41) is 3.49. The molecular weight excluding hydrogens is 261 g/mol. The zero-order chi connectivity index (χ0) is 13.7. The van der Waals surface area contributed by atoms with Crippen LogP contribution in [0.1, 0.15) is 23.6 Å². The molecule has 3 heteroatoms. The van der Waals surface area contributed by atoms with Crippen molar-refractivity contribution in [3.05, 3.63) is 70.0 Å². The molecule has 0 radical (unpaired) electrons. The second kappa shape index (κ2) is 6.69. The molecule has 0 aliphatic heterocycles. The van der Waals surface area contributed by atoms with Gasteiger partial charge in [-0.05, 0) is 35.2 Å². The summed E-state index contributed by atoms with van der Waals surface area (Å²) in [4.78, 5) is 0. The molecule has 19 heavy (non-hydrogen) atoms. The third kappa shape index (κ3) is 4.05. The van der Waals surface area contributed by atoms with Crippen LogP contribution in [0.3, 0.4) is 0 Å². The molecule has 100 valence electrons. The number of rotatable bonds is 5. The number of halogens is 2. The van der Waals surface area contributed by atoms with Crippen LogP contribution < -0.4 is 5.32 Å². The highest BCUT2D eigenvalue weighted by atomic mass is 35.5. The van der Waals surface area contributed by atoms with E-state index in [0.717, 1.165) is 18.5 Å². The molecule has 0 unspecified atom stereocenters. The van der Waals surface area contributed by atoms with Crippen LogP contribution in [0, 0.1) is 5.82 Å². The zero-order valence-electron chi connectivity index (χ0n) is 10.9. The fourth-order valence-corrected chi connectivity index (χ4v) is 2.10. The van der Waals surface area contributed by atoms with Gasteiger partial charge >= 0.3 is 0 Å². The summed E-state index contributed by atoms with van der Waals surface area (Å²) in [6, 6.07) is 13.3. The van der Waals surface area contributed by atoms with Gasteiger partial charge in [0.25, 0.3) is 0 Å². The van der Waals surface area contributed by atoms with Crippen molar-refractivity contribution < 1.29 is 4.39 Å². The molecule has 0 saturated heterocycles. The SMILES string of the molecule is CCc1ccc(CNCc2ccc(F)c(Cl)c2)cc1. The minimum atomic E-state index is -0.374. The van der Waals surface area contributed by atoms with Gasteiger partial charge in [0.05, 0.1) is 5.02 Å². The van der Waals surface area contributed by atoms with Crippen LogP contribution >= 0.6 is 11.6 Å². The van der Waals surface area contributed by atoms with Crippen molar-refractivity contribution in [2.75, 3.05) is 0 Å². The van der Waals surface area contributed by atoms with Gasteiger partial charge in [-0.15, -0.1) is 0 Å². The molecule has 1 N–H and O–H groups in total. The van der Waals surface area contributed by atoms with Crippen LogP contribution in [0.15, 0.2) is 42.5 Å². The minimum Gasteiger partial charge on any atom is -0.309 e. The Hall–Kier alpha value is -1.38. The molecule has 0 aliphatic carbocycles. The summed E-state index contributed by atoms with van der Waals surface area (Å²) in [5.41, 5.74) is 3.57. The quantitative estimate of drug-likeness (QED) is 0.858. The molecule has 2 aromatic carbocycles. The third-order valence-corrected chi connectivity index (χ3v) is 3.36. The maximum Gasteiger partial charge on any atom is 0.141 e. The van der Waals surface area contributed by atoms with Gasteiger partial charge in [-0.25, -0.2) is 4.39 Å². The highest BCUT2D eigenvalue weighted by Gasteiger charge is 2.00. The molecule has 0 amide bonds. The van der Waals surface area contributed by atoms with Crippen LogP contribution in [0.5, 0.6) is 0 Å². The zero-order valence-corrected chi connectivity index (χ0v) is 11.7. The average molecular weight is 278 g/mol. The maximum absolute atomic E-state index is 13.0. The number of nitrogens with one attached hydrogen (secondary N) is 1. The first-order chi connectivity index (χ1) is 9.19. The van der Waals surface area contributed by atoms with E-state index < -0.39 is 0 Å². The number of aryl methyl sites for hydroxylation is 1. The Morgan fingerprint density at radius 3 is 2.16 bits per heavy atom. The van der Waals surface area contributed by atoms with Crippen LogP contribution in [0.4, 0.5) is 4.39 Å². The molecule has 0 fully saturated rings. The fourth-order valence-electron chi connectivity index (χ4n) is 1.89. The second-order valence-electron chi connectivity index (χ2n) is 4.52. The molecule has 0 aliphatic rings. The van der Waals surface area contributed by atoms with Crippen molar-refractivity contribution in [1.82, 2.24) is 5.32 Å². The smallest absolute Gasteiger partial charge is 0.141 e. The van der Waals surface area contributed by atoms with Gasteiger partial charge in [0, 0.05) is 13.1 Å². The minimum absolute atomic E-state index is 0.173. The van der Waals surface area contributed by atoms with Crippen molar-refractivity contribution in [2.24, 2.45) is 0 Å². The van der Waals surface area contributed by atoms with Crippen molar-refractivity contribution in [2.45, 2.75) is 26.4 Å². The highest BCUT2D eigenvalue weighted by molar-refractivity contribution is 6.30. The van der Waals surface area contributed by atoms with Crippen LogP contribution in [0.25, 0.3) is 0 Å². The van der Waals surface area contributed by atoms with E-state index in [1.165, 1.54) is 17.2 Å². The second-order valence-corrected chi connectivity index (χ2v) is 4.93. The predicted octanol–water partition coefficient (Wildman–Crippen LogP) is 4.33. The van der Waals surface area contributed by atoms with Crippen molar-refractivity contribution in [3.8, 4) is 0 Å². The van der Waals surface area contributed by atoms with E-state index in [-0.39, 0.29) is 10.8 Å². The Labute approximate surface area is 118 Å². The molecule has 0 atom stereocenters. The van der Waals surface area contributed by atoms with Crippen molar-refractivity contribution >= 4 is 11.6 Å². The Kier molecular flexibility index (Phi) is 4.94. The summed E-state index contributed by atoms with van der Waals surface area (Å²) < 4.78 is 13.0. The highest BCUT2D eigenvalue weighted by Crippen LogP contribution is 2.16. The van der Waals surface area contributed by atoms with Gasteiger partial charge < -0.3 is 5.32 Å².